The number of phenolic OH excluding ortho intramolecular Hbond substituents is 1. The number of ether oxygens (including phenoxy) is 1. The molecule has 8 nitrogen and oxygen atoms in total. The first-order valence-corrected chi connectivity index (χ1v) is 11.5. The van der Waals surface area contributed by atoms with Crippen LogP contribution in [-0.2, 0) is 4.79 Å². The molecular formula is C25H24N5O3S+. The summed E-state index contributed by atoms with van der Waals surface area (Å²) < 4.78 is 7.25. The van der Waals surface area contributed by atoms with Crippen molar-refractivity contribution in [2.75, 3.05) is 12.9 Å². The number of carbonyl (C=O) groups excluding carboxylic acids is 1. The minimum atomic E-state index is -0.294. The number of hydrogen-bond donors (Lipinski definition) is 3. The second-order valence-corrected chi connectivity index (χ2v) is 8.34. The maximum atomic E-state index is 12.4. The van der Waals surface area contributed by atoms with E-state index in [1.54, 1.807) is 31.4 Å². The van der Waals surface area contributed by atoms with Crippen molar-refractivity contribution in [2.24, 2.45) is 5.10 Å². The Morgan fingerprint density at radius 2 is 1.88 bits per heavy atom. The van der Waals surface area contributed by atoms with Crippen molar-refractivity contribution < 1.29 is 19.2 Å². The first-order chi connectivity index (χ1) is 16.5. The summed E-state index contributed by atoms with van der Waals surface area (Å²) in [5, 5.41) is 21.9. The van der Waals surface area contributed by atoms with E-state index >= 15 is 0 Å². The number of carbonyl (C=O) groups is 1. The number of aromatic nitrogens is 3. The van der Waals surface area contributed by atoms with Crippen LogP contribution in [0.3, 0.4) is 0 Å². The first kappa shape index (κ1) is 23.1. The number of thioether (sulfide) groups is 1. The van der Waals surface area contributed by atoms with E-state index in [1.165, 1.54) is 18.0 Å². The molecule has 0 aliphatic heterocycles. The van der Waals surface area contributed by atoms with Gasteiger partial charge in [-0.1, -0.05) is 29.8 Å². The first-order valence-electron chi connectivity index (χ1n) is 10.5. The second-order valence-electron chi connectivity index (χ2n) is 7.39. The standard InChI is InChI=1S/C25H23N5O3S/c1-17-7-9-18(10-8-17)24-28-29-25(30(24)20-11-13-21(33-2)14-12-20)34-16-23(32)27-26-15-19-5-3-4-6-22(19)31/h3-15H,16H2,1-2H3,(H2,26,27,31,32)/p+1. The Morgan fingerprint density at radius 1 is 1.15 bits per heavy atom. The summed E-state index contributed by atoms with van der Waals surface area (Å²) in [6.07, 6.45) is 1.40. The van der Waals surface area contributed by atoms with E-state index in [9.17, 15) is 9.90 Å². The van der Waals surface area contributed by atoms with E-state index in [-0.39, 0.29) is 17.4 Å². The number of para-hydroxylation sites is 1. The highest BCUT2D eigenvalue weighted by Crippen LogP contribution is 2.22. The molecule has 172 valence electrons. The number of benzene rings is 3. The zero-order valence-corrected chi connectivity index (χ0v) is 19.5. The van der Waals surface area contributed by atoms with Gasteiger partial charge in [-0.05, 0) is 67.2 Å². The molecule has 0 saturated carbocycles. The maximum Gasteiger partial charge on any atom is 0.342 e. The average molecular weight is 475 g/mol. The number of hydrogen-bond acceptors (Lipinski definition) is 6. The molecule has 1 heterocycles. The van der Waals surface area contributed by atoms with Crippen LogP contribution < -0.4 is 14.7 Å². The molecule has 34 heavy (non-hydrogen) atoms. The van der Waals surface area contributed by atoms with Gasteiger partial charge in [-0.3, -0.25) is 4.79 Å². The molecule has 0 aliphatic carbocycles. The van der Waals surface area contributed by atoms with Crippen LogP contribution in [0.5, 0.6) is 11.5 Å². The molecule has 3 aromatic carbocycles. The molecule has 0 atom stereocenters. The van der Waals surface area contributed by atoms with Crippen LogP contribution in [0.25, 0.3) is 17.1 Å². The number of amides is 1. The predicted octanol–water partition coefficient (Wildman–Crippen LogP) is 3.62. The SMILES string of the molecule is COc1ccc(-[n+]2c(SCC(=O)N/N=C/c3ccccc3O)n[nH]c2-c2ccc(C)cc2)cc1. The smallest absolute Gasteiger partial charge is 0.342 e. The fourth-order valence-electron chi connectivity index (χ4n) is 3.20. The number of nitrogens with one attached hydrogen (secondary N) is 2. The van der Waals surface area contributed by atoms with E-state index < -0.39 is 0 Å². The van der Waals surface area contributed by atoms with Gasteiger partial charge >= 0.3 is 5.16 Å². The minimum Gasteiger partial charge on any atom is -0.507 e. The lowest BCUT2D eigenvalue weighted by Gasteiger charge is -2.06. The molecule has 0 saturated heterocycles. The number of hydrazone groups is 1. The van der Waals surface area contributed by atoms with Gasteiger partial charge in [0.1, 0.15) is 17.2 Å². The Bertz CT molecular complexity index is 1300. The average Bonchev–Trinajstić information content (AvgIpc) is 3.28. The molecule has 0 unspecified atom stereocenters. The summed E-state index contributed by atoms with van der Waals surface area (Å²) in [4.78, 5) is 12.4. The fourth-order valence-corrected chi connectivity index (χ4v) is 3.96. The summed E-state index contributed by atoms with van der Waals surface area (Å²) in [5.41, 5.74) is 6.01. The van der Waals surface area contributed by atoms with Crippen molar-refractivity contribution in [2.45, 2.75) is 12.1 Å². The quantitative estimate of drug-likeness (QED) is 0.157. The van der Waals surface area contributed by atoms with Gasteiger partial charge in [-0.25, -0.2) is 5.43 Å². The maximum absolute atomic E-state index is 12.4. The molecule has 1 amide bonds. The summed E-state index contributed by atoms with van der Waals surface area (Å²) >= 11 is 1.28. The number of aryl methyl sites for hydroxylation is 1. The van der Waals surface area contributed by atoms with Crippen LogP contribution in [0.2, 0.25) is 0 Å². The molecule has 4 rings (SSSR count). The van der Waals surface area contributed by atoms with Gasteiger partial charge in [0.15, 0.2) is 0 Å². The van der Waals surface area contributed by atoms with Gasteiger partial charge in [0.25, 0.3) is 11.7 Å². The third-order valence-electron chi connectivity index (χ3n) is 4.99. The summed E-state index contributed by atoms with van der Waals surface area (Å²) in [6.45, 7) is 2.04. The van der Waals surface area contributed by atoms with Crippen molar-refractivity contribution >= 4 is 23.9 Å². The van der Waals surface area contributed by atoms with Gasteiger partial charge in [0, 0.05) is 5.56 Å². The lowest BCUT2D eigenvalue weighted by Crippen LogP contribution is -2.34. The van der Waals surface area contributed by atoms with E-state index in [1.807, 2.05) is 60.0 Å². The van der Waals surface area contributed by atoms with Crippen molar-refractivity contribution in [3.05, 3.63) is 83.9 Å². The Balaban J connectivity index is 1.53. The minimum absolute atomic E-state index is 0.0931. The number of nitrogens with zero attached hydrogens (tertiary/aromatic N) is 3. The van der Waals surface area contributed by atoms with Crippen molar-refractivity contribution in [3.8, 4) is 28.6 Å². The lowest BCUT2D eigenvalue weighted by molar-refractivity contribution is -0.625. The van der Waals surface area contributed by atoms with Crippen molar-refractivity contribution in [3.63, 3.8) is 0 Å². The summed E-state index contributed by atoms with van der Waals surface area (Å²) in [5.74, 6) is 1.45. The number of aromatic amines is 1. The Kier molecular flexibility index (Phi) is 7.24. The molecule has 0 bridgehead atoms. The third kappa shape index (κ3) is 5.44. The van der Waals surface area contributed by atoms with Crippen LogP contribution >= 0.6 is 11.8 Å². The highest BCUT2D eigenvalue weighted by molar-refractivity contribution is 7.99. The zero-order valence-electron chi connectivity index (χ0n) is 18.7. The van der Waals surface area contributed by atoms with E-state index in [4.69, 9.17) is 4.74 Å². The highest BCUT2D eigenvalue weighted by atomic mass is 32.2. The number of methoxy groups -OCH3 is 1. The fraction of sp³-hybridized carbons (Fsp3) is 0.120. The number of H-pyrrole nitrogens is 1. The monoisotopic (exact) mass is 474 g/mol. The Labute approximate surface area is 201 Å². The molecule has 0 radical (unpaired) electrons. The molecule has 0 aliphatic rings. The molecule has 4 aromatic rings. The predicted molar refractivity (Wildman–Crippen MR) is 131 cm³/mol. The molecule has 1 aromatic heterocycles. The highest BCUT2D eigenvalue weighted by Gasteiger charge is 2.24. The third-order valence-corrected chi connectivity index (χ3v) is 5.93. The van der Waals surface area contributed by atoms with Crippen LogP contribution in [-0.4, -0.2) is 40.3 Å². The normalized spacial score (nSPS) is 11.0. The Hall–Kier alpha value is -4.11. The molecule has 3 N–H and O–H groups in total. The van der Waals surface area contributed by atoms with Gasteiger partial charge in [-0.2, -0.15) is 9.67 Å². The van der Waals surface area contributed by atoms with E-state index in [2.05, 4.69) is 20.7 Å². The molecule has 0 spiro atoms. The summed E-state index contributed by atoms with van der Waals surface area (Å²) in [7, 11) is 1.62. The molecular weight excluding hydrogens is 450 g/mol. The van der Waals surface area contributed by atoms with Crippen molar-refractivity contribution in [1.82, 2.24) is 15.6 Å². The van der Waals surface area contributed by atoms with Gasteiger partial charge in [0.2, 0.25) is 0 Å². The van der Waals surface area contributed by atoms with Crippen LogP contribution in [0.1, 0.15) is 11.1 Å². The van der Waals surface area contributed by atoms with Crippen molar-refractivity contribution in [1.29, 1.82) is 0 Å². The van der Waals surface area contributed by atoms with E-state index in [0.29, 0.717) is 10.7 Å². The van der Waals surface area contributed by atoms with Crippen LogP contribution in [0.15, 0.2) is 83.1 Å². The second kappa shape index (κ2) is 10.7. The van der Waals surface area contributed by atoms with Gasteiger partial charge < -0.3 is 9.84 Å². The van der Waals surface area contributed by atoms with Crippen LogP contribution in [0.4, 0.5) is 0 Å². The number of rotatable bonds is 8. The largest absolute Gasteiger partial charge is 0.507 e. The van der Waals surface area contributed by atoms with Gasteiger partial charge in [-0.15, -0.1) is 5.10 Å². The number of aromatic hydroxyl groups is 1. The zero-order chi connectivity index (χ0) is 23.9. The van der Waals surface area contributed by atoms with Crippen LogP contribution in [0, 0.1) is 6.92 Å². The molecule has 9 heteroatoms. The van der Waals surface area contributed by atoms with Gasteiger partial charge in [0.05, 0.1) is 29.7 Å². The summed E-state index contributed by atoms with van der Waals surface area (Å²) in [6, 6.07) is 22.5. The number of phenols is 1. The molecule has 0 fully saturated rings. The van der Waals surface area contributed by atoms with E-state index in [0.717, 1.165) is 28.4 Å². The topological polar surface area (TPSA) is 103 Å². The Morgan fingerprint density at radius 3 is 2.59 bits per heavy atom. The lowest BCUT2D eigenvalue weighted by atomic mass is 10.1.